The molecule has 1 N–H and O–H groups in total. The van der Waals surface area contributed by atoms with Gasteiger partial charge in [0.2, 0.25) is 0 Å². The molecule has 1 rings (SSSR count). The van der Waals surface area contributed by atoms with Crippen LogP contribution in [0.2, 0.25) is 0 Å². The lowest BCUT2D eigenvalue weighted by atomic mass is 9.85. The fourth-order valence-corrected chi connectivity index (χ4v) is 2.25. The first-order valence-electron chi connectivity index (χ1n) is 7.89. The molecular weight excluding hydrogens is 284 g/mol. The average molecular weight is 312 g/mol. The molecule has 0 saturated heterocycles. The molecule has 3 atom stereocenters. The topological polar surface area (TPSA) is 72.8 Å². The van der Waals surface area contributed by atoms with Crippen LogP contribution in [0.1, 0.15) is 53.4 Å². The number of carbonyl (C=O) groups is 2. The summed E-state index contributed by atoms with van der Waals surface area (Å²) in [6, 6.07) is 0. The first-order chi connectivity index (χ1) is 10.2. The van der Waals surface area contributed by atoms with Crippen molar-refractivity contribution < 1.29 is 24.2 Å². The summed E-state index contributed by atoms with van der Waals surface area (Å²) in [5.74, 6) is -0.591. The van der Waals surface area contributed by atoms with Gasteiger partial charge in [-0.25, -0.2) is 4.79 Å². The number of esters is 2. The predicted molar refractivity (Wildman–Crippen MR) is 83.1 cm³/mol. The summed E-state index contributed by atoms with van der Waals surface area (Å²) in [5.41, 5.74) is -0.168. The minimum atomic E-state index is -0.709. The van der Waals surface area contributed by atoms with Gasteiger partial charge in [0, 0.05) is 5.57 Å². The number of hydrogen-bond acceptors (Lipinski definition) is 5. The molecule has 0 heterocycles. The molecule has 3 unspecified atom stereocenters. The monoisotopic (exact) mass is 312 g/mol. The van der Waals surface area contributed by atoms with E-state index < -0.39 is 23.6 Å². The summed E-state index contributed by atoms with van der Waals surface area (Å²) < 4.78 is 10.6. The normalized spacial score (nSPS) is 25.4. The quantitative estimate of drug-likeness (QED) is 0.603. The molecule has 0 aromatic rings. The third-order valence-electron chi connectivity index (χ3n) is 4.36. The van der Waals surface area contributed by atoms with E-state index in [2.05, 4.69) is 6.58 Å². The van der Waals surface area contributed by atoms with Crippen molar-refractivity contribution in [2.75, 3.05) is 6.61 Å². The van der Waals surface area contributed by atoms with E-state index in [0.29, 0.717) is 24.8 Å². The number of hydrogen-bond donors (Lipinski definition) is 1. The van der Waals surface area contributed by atoms with E-state index in [0.717, 1.165) is 6.42 Å². The summed E-state index contributed by atoms with van der Waals surface area (Å²) in [6.45, 7) is 11.0. The van der Waals surface area contributed by atoms with Crippen LogP contribution in [0.3, 0.4) is 0 Å². The smallest absolute Gasteiger partial charge is 0.333 e. The van der Waals surface area contributed by atoms with Crippen LogP contribution in [0.4, 0.5) is 0 Å². The van der Waals surface area contributed by atoms with Crippen molar-refractivity contribution in [2.45, 2.75) is 65.6 Å². The molecule has 0 spiro atoms. The first kappa shape index (κ1) is 18.7. The van der Waals surface area contributed by atoms with Crippen molar-refractivity contribution >= 4 is 11.9 Å². The van der Waals surface area contributed by atoms with E-state index in [4.69, 9.17) is 9.47 Å². The zero-order chi connectivity index (χ0) is 16.9. The molecule has 0 bridgehead atoms. The van der Waals surface area contributed by atoms with Crippen LogP contribution in [0.15, 0.2) is 12.2 Å². The summed E-state index contributed by atoms with van der Waals surface area (Å²) >= 11 is 0. The van der Waals surface area contributed by atoms with Gasteiger partial charge in [0.05, 0.1) is 18.1 Å². The lowest BCUT2D eigenvalue weighted by Crippen LogP contribution is -2.41. The summed E-state index contributed by atoms with van der Waals surface area (Å²) in [6.07, 6.45) is 1.32. The minimum absolute atomic E-state index is 0.0902. The fraction of sp³-hybridized carbons (Fsp3) is 0.765. The standard InChI is InChI=1S/C17H28O5/c1-6-17(4,5)16(20)22-14-8-7-12(9-13(14)18)10-21-15(19)11(2)3/h12-14,18H,2,6-10H2,1,3-5H3. The third kappa shape index (κ3) is 5.13. The Morgan fingerprint density at radius 1 is 1.32 bits per heavy atom. The fourth-order valence-electron chi connectivity index (χ4n) is 2.25. The number of ether oxygens (including phenoxy) is 2. The number of aliphatic hydroxyl groups excluding tert-OH is 1. The largest absolute Gasteiger partial charge is 0.462 e. The number of rotatable bonds is 6. The predicted octanol–water partition coefficient (Wildman–Crippen LogP) is 2.61. The van der Waals surface area contributed by atoms with E-state index in [-0.39, 0.29) is 18.5 Å². The molecule has 0 aromatic heterocycles. The molecule has 126 valence electrons. The van der Waals surface area contributed by atoms with Gasteiger partial charge >= 0.3 is 11.9 Å². The molecule has 5 nitrogen and oxygen atoms in total. The van der Waals surface area contributed by atoms with Gasteiger partial charge in [-0.1, -0.05) is 13.5 Å². The lowest BCUT2D eigenvalue weighted by Gasteiger charge is -2.34. The van der Waals surface area contributed by atoms with Crippen molar-refractivity contribution in [1.82, 2.24) is 0 Å². The van der Waals surface area contributed by atoms with E-state index >= 15 is 0 Å². The van der Waals surface area contributed by atoms with Crippen LogP contribution >= 0.6 is 0 Å². The SMILES string of the molecule is C=C(C)C(=O)OCC1CCC(OC(=O)C(C)(C)CC)C(O)C1. The minimum Gasteiger partial charge on any atom is -0.462 e. The Morgan fingerprint density at radius 3 is 2.45 bits per heavy atom. The molecule has 1 aliphatic rings. The molecule has 22 heavy (non-hydrogen) atoms. The van der Waals surface area contributed by atoms with Gasteiger partial charge in [0.25, 0.3) is 0 Å². The van der Waals surface area contributed by atoms with Crippen molar-refractivity contribution in [2.24, 2.45) is 11.3 Å². The Morgan fingerprint density at radius 2 is 1.95 bits per heavy atom. The maximum atomic E-state index is 12.1. The maximum Gasteiger partial charge on any atom is 0.333 e. The van der Waals surface area contributed by atoms with Crippen LogP contribution in [0.25, 0.3) is 0 Å². The van der Waals surface area contributed by atoms with Gasteiger partial charge in [-0.2, -0.15) is 0 Å². The summed E-state index contributed by atoms with van der Waals surface area (Å²) in [4.78, 5) is 23.4. The van der Waals surface area contributed by atoms with Crippen molar-refractivity contribution in [3.63, 3.8) is 0 Å². The second-order valence-electron chi connectivity index (χ2n) is 6.81. The number of aliphatic hydroxyl groups is 1. The zero-order valence-corrected chi connectivity index (χ0v) is 14.1. The first-order valence-corrected chi connectivity index (χ1v) is 7.89. The van der Waals surface area contributed by atoms with Gasteiger partial charge in [-0.15, -0.1) is 0 Å². The Kier molecular flexibility index (Phi) is 6.60. The van der Waals surface area contributed by atoms with Crippen molar-refractivity contribution in [3.05, 3.63) is 12.2 Å². The molecule has 1 aliphatic carbocycles. The van der Waals surface area contributed by atoms with Crippen molar-refractivity contribution in [3.8, 4) is 0 Å². The average Bonchev–Trinajstić information content (AvgIpc) is 2.46. The molecule has 0 aromatic carbocycles. The van der Waals surface area contributed by atoms with Gasteiger partial charge in [0.15, 0.2) is 0 Å². The van der Waals surface area contributed by atoms with E-state index in [1.807, 2.05) is 20.8 Å². The molecule has 0 amide bonds. The lowest BCUT2D eigenvalue weighted by molar-refractivity contribution is -0.170. The highest BCUT2D eigenvalue weighted by Gasteiger charge is 2.36. The molecule has 0 radical (unpaired) electrons. The molecule has 1 saturated carbocycles. The van der Waals surface area contributed by atoms with E-state index in [1.165, 1.54) is 0 Å². The Labute approximate surface area is 132 Å². The molecule has 0 aliphatic heterocycles. The van der Waals surface area contributed by atoms with Crippen LogP contribution < -0.4 is 0 Å². The van der Waals surface area contributed by atoms with Crippen LogP contribution in [0, 0.1) is 11.3 Å². The maximum absolute atomic E-state index is 12.1. The highest BCUT2D eigenvalue weighted by Crippen LogP contribution is 2.30. The van der Waals surface area contributed by atoms with Gasteiger partial charge < -0.3 is 14.6 Å². The molecule has 5 heteroatoms. The van der Waals surface area contributed by atoms with Gasteiger partial charge in [-0.3, -0.25) is 4.79 Å². The van der Waals surface area contributed by atoms with Crippen LogP contribution in [-0.4, -0.2) is 35.9 Å². The Balaban J connectivity index is 2.44. The number of carbonyl (C=O) groups excluding carboxylic acids is 2. The second-order valence-corrected chi connectivity index (χ2v) is 6.81. The highest BCUT2D eigenvalue weighted by molar-refractivity contribution is 5.86. The second kappa shape index (κ2) is 7.77. The Bertz CT molecular complexity index is 427. The van der Waals surface area contributed by atoms with E-state index in [9.17, 15) is 14.7 Å². The summed E-state index contributed by atoms with van der Waals surface area (Å²) in [7, 11) is 0. The van der Waals surface area contributed by atoms with Gasteiger partial charge in [-0.05, 0) is 52.4 Å². The zero-order valence-electron chi connectivity index (χ0n) is 14.1. The molecular formula is C17H28O5. The highest BCUT2D eigenvalue weighted by atomic mass is 16.6. The Hall–Kier alpha value is -1.36. The third-order valence-corrected chi connectivity index (χ3v) is 4.36. The van der Waals surface area contributed by atoms with Crippen LogP contribution in [-0.2, 0) is 19.1 Å². The van der Waals surface area contributed by atoms with Crippen LogP contribution in [0.5, 0.6) is 0 Å². The van der Waals surface area contributed by atoms with Gasteiger partial charge in [0.1, 0.15) is 6.10 Å². The van der Waals surface area contributed by atoms with Crippen molar-refractivity contribution in [1.29, 1.82) is 0 Å². The summed E-state index contributed by atoms with van der Waals surface area (Å²) in [5, 5.41) is 10.2. The van der Waals surface area contributed by atoms with E-state index in [1.54, 1.807) is 6.92 Å². The molecule has 1 fully saturated rings.